The number of carbonyl (C=O) groups is 1. The molecule has 2 fully saturated rings. The lowest BCUT2D eigenvalue weighted by atomic mass is 9.99. The minimum absolute atomic E-state index is 0.00144. The van der Waals surface area contributed by atoms with Gasteiger partial charge in [0, 0.05) is 43.9 Å². The van der Waals surface area contributed by atoms with Gasteiger partial charge in [0.15, 0.2) is 6.29 Å². The van der Waals surface area contributed by atoms with Crippen molar-refractivity contribution in [1.29, 1.82) is 0 Å². The maximum absolute atomic E-state index is 12.7. The summed E-state index contributed by atoms with van der Waals surface area (Å²) in [4.78, 5) is 15.1. The molecule has 2 aliphatic heterocycles. The number of morpholine rings is 1. The molecule has 0 bridgehead atoms. The first-order chi connectivity index (χ1) is 25.1. The van der Waals surface area contributed by atoms with Crippen LogP contribution in [0.4, 0.5) is 10.5 Å². The van der Waals surface area contributed by atoms with Gasteiger partial charge in [0.25, 0.3) is 0 Å². The Morgan fingerprint density at radius 1 is 0.745 bits per heavy atom. The summed E-state index contributed by atoms with van der Waals surface area (Å²) in [5.41, 5.74) is 6.67. The second-order valence-corrected chi connectivity index (χ2v) is 12.8. The van der Waals surface area contributed by atoms with Crippen LogP contribution in [0.5, 0.6) is 11.5 Å². The third-order valence-electron chi connectivity index (χ3n) is 9.17. The highest BCUT2D eigenvalue weighted by atomic mass is 16.7. The van der Waals surface area contributed by atoms with Crippen LogP contribution in [0, 0.1) is 0 Å². The SMILES string of the molecule is O=C(NCc1cccc(-c2ccc(C3OC(CN4CCOCC4)CC(c4ccc(CO)cc4)O3)cc2)c1)Nc1ccc(Oc2ccccc2)cc1. The van der Waals surface area contributed by atoms with E-state index in [1.54, 1.807) is 0 Å². The number of rotatable bonds is 11. The topological polar surface area (TPSA) is 102 Å². The second kappa shape index (κ2) is 16.8. The van der Waals surface area contributed by atoms with Crippen LogP contribution in [0.3, 0.4) is 0 Å². The van der Waals surface area contributed by atoms with E-state index in [0.717, 1.165) is 78.4 Å². The normalized spacial score (nSPS) is 19.3. The lowest BCUT2D eigenvalue weighted by Crippen LogP contribution is -2.44. The van der Waals surface area contributed by atoms with Gasteiger partial charge < -0.3 is 34.7 Å². The zero-order valence-electron chi connectivity index (χ0n) is 28.4. The van der Waals surface area contributed by atoms with Gasteiger partial charge in [-0.25, -0.2) is 4.79 Å². The van der Waals surface area contributed by atoms with Crippen LogP contribution < -0.4 is 15.4 Å². The van der Waals surface area contributed by atoms with E-state index in [4.69, 9.17) is 18.9 Å². The van der Waals surface area contributed by atoms with E-state index in [9.17, 15) is 9.90 Å². The van der Waals surface area contributed by atoms with E-state index in [1.807, 2.05) is 91.0 Å². The van der Waals surface area contributed by atoms with Crippen LogP contribution in [0.15, 0.2) is 127 Å². The van der Waals surface area contributed by atoms with Crippen LogP contribution in [0.1, 0.15) is 41.1 Å². The van der Waals surface area contributed by atoms with Crippen molar-refractivity contribution in [2.24, 2.45) is 0 Å². The zero-order valence-corrected chi connectivity index (χ0v) is 28.4. The summed E-state index contributed by atoms with van der Waals surface area (Å²) in [6.45, 7) is 4.49. The lowest BCUT2D eigenvalue weighted by molar-refractivity contribution is -0.253. The third-order valence-corrected chi connectivity index (χ3v) is 9.17. The molecule has 3 unspecified atom stereocenters. The number of nitrogens with one attached hydrogen (secondary N) is 2. The average Bonchev–Trinajstić information content (AvgIpc) is 3.19. The Labute approximate surface area is 298 Å². The number of carbonyl (C=O) groups excluding carboxylic acids is 1. The number of ether oxygens (including phenoxy) is 4. The van der Waals surface area contributed by atoms with Crippen molar-refractivity contribution in [2.75, 3.05) is 38.2 Å². The predicted octanol–water partition coefficient (Wildman–Crippen LogP) is 7.84. The van der Waals surface area contributed by atoms with Crippen LogP contribution in [0.25, 0.3) is 11.1 Å². The molecule has 0 aliphatic carbocycles. The van der Waals surface area contributed by atoms with Crippen LogP contribution in [0.2, 0.25) is 0 Å². The van der Waals surface area contributed by atoms with Crippen molar-refractivity contribution in [3.8, 4) is 22.6 Å². The minimum Gasteiger partial charge on any atom is -0.457 e. The van der Waals surface area contributed by atoms with Crippen LogP contribution >= 0.6 is 0 Å². The van der Waals surface area contributed by atoms with Gasteiger partial charge in [-0.15, -0.1) is 0 Å². The highest BCUT2D eigenvalue weighted by molar-refractivity contribution is 5.89. The summed E-state index contributed by atoms with van der Waals surface area (Å²) >= 11 is 0. The summed E-state index contributed by atoms with van der Waals surface area (Å²) in [6, 6.07) is 41.0. The van der Waals surface area contributed by atoms with Crippen LogP contribution in [-0.4, -0.2) is 55.0 Å². The van der Waals surface area contributed by atoms with Gasteiger partial charge in [-0.3, -0.25) is 4.90 Å². The van der Waals surface area contributed by atoms with Gasteiger partial charge in [-0.1, -0.05) is 84.9 Å². The van der Waals surface area contributed by atoms with Gasteiger partial charge in [0.05, 0.1) is 32.0 Å². The molecule has 0 spiro atoms. The van der Waals surface area contributed by atoms with E-state index in [-0.39, 0.29) is 24.8 Å². The number of benzene rings is 5. The van der Waals surface area contributed by atoms with Crippen molar-refractivity contribution in [3.05, 3.63) is 150 Å². The Hall–Kier alpha value is -5.03. The second-order valence-electron chi connectivity index (χ2n) is 12.8. The highest BCUT2D eigenvalue weighted by Crippen LogP contribution is 2.39. The molecule has 5 aromatic carbocycles. The molecule has 3 N–H and O–H groups in total. The first kappa shape index (κ1) is 34.4. The van der Waals surface area contributed by atoms with E-state index < -0.39 is 6.29 Å². The van der Waals surface area contributed by atoms with Crippen molar-refractivity contribution in [1.82, 2.24) is 10.2 Å². The molecular formula is C42H43N3O6. The summed E-state index contributed by atoms with van der Waals surface area (Å²) in [7, 11) is 0. The van der Waals surface area contributed by atoms with Crippen molar-refractivity contribution in [2.45, 2.75) is 38.1 Å². The van der Waals surface area contributed by atoms with Gasteiger partial charge in [0.2, 0.25) is 0 Å². The minimum atomic E-state index is -0.511. The molecule has 2 amide bonds. The molecule has 0 aromatic heterocycles. The molecule has 51 heavy (non-hydrogen) atoms. The highest BCUT2D eigenvalue weighted by Gasteiger charge is 2.33. The molecule has 0 saturated carbocycles. The molecule has 3 atom stereocenters. The fraction of sp³-hybridized carbons (Fsp3) is 0.262. The number of hydrogen-bond acceptors (Lipinski definition) is 7. The van der Waals surface area contributed by atoms with Gasteiger partial charge in [-0.05, 0) is 70.3 Å². The maximum atomic E-state index is 12.7. The maximum Gasteiger partial charge on any atom is 0.319 e. The number of anilines is 1. The fourth-order valence-corrected chi connectivity index (χ4v) is 6.39. The number of para-hydroxylation sites is 1. The van der Waals surface area contributed by atoms with Gasteiger partial charge in [0.1, 0.15) is 11.5 Å². The number of hydrogen-bond donors (Lipinski definition) is 3. The first-order valence-corrected chi connectivity index (χ1v) is 17.5. The molecule has 2 saturated heterocycles. The molecule has 7 rings (SSSR count). The van der Waals surface area contributed by atoms with Crippen molar-refractivity contribution in [3.63, 3.8) is 0 Å². The zero-order chi connectivity index (χ0) is 34.8. The van der Waals surface area contributed by atoms with Crippen LogP contribution in [-0.2, 0) is 27.4 Å². The summed E-state index contributed by atoms with van der Waals surface area (Å²) in [5.74, 6) is 1.45. The molecule has 0 radical (unpaired) electrons. The smallest absolute Gasteiger partial charge is 0.319 e. The molecular weight excluding hydrogens is 642 g/mol. The van der Waals surface area contributed by atoms with Gasteiger partial charge >= 0.3 is 6.03 Å². The first-order valence-electron chi connectivity index (χ1n) is 17.5. The Bertz CT molecular complexity index is 1850. The number of aliphatic hydroxyl groups is 1. The molecule has 9 heteroatoms. The lowest BCUT2D eigenvalue weighted by Gasteiger charge is -2.39. The Balaban J connectivity index is 0.965. The summed E-state index contributed by atoms with van der Waals surface area (Å²) in [6.07, 6.45) is 0.109. The summed E-state index contributed by atoms with van der Waals surface area (Å²) < 4.78 is 24.5. The predicted molar refractivity (Wildman–Crippen MR) is 196 cm³/mol. The van der Waals surface area contributed by atoms with E-state index >= 15 is 0 Å². The monoisotopic (exact) mass is 685 g/mol. The number of nitrogens with zero attached hydrogens (tertiary/aromatic N) is 1. The Kier molecular flexibility index (Phi) is 11.3. The molecule has 9 nitrogen and oxygen atoms in total. The summed E-state index contributed by atoms with van der Waals surface area (Å²) in [5, 5.41) is 15.4. The largest absolute Gasteiger partial charge is 0.457 e. The van der Waals surface area contributed by atoms with E-state index in [2.05, 4.69) is 51.9 Å². The third kappa shape index (κ3) is 9.40. The number of aliphatic hydroxyl groups excluding tert-OH is 1. The number of amides is 2. The molecule has 2 heterocycles. The number of urea groups is 1. The standard InChI is InChI=1S/C42H43N3O6/c46-29-30-9-11-33(12-10-30)40-26-39(28-45-21-23-48-24-22-45)50-41(51-40)34-15-13-32(14-16-34)35-6-4-5-31(25-35)27-43-42(47)44-36-17-19-38(20-18-36)49-37-7-2-1-3-8-37/h1-20,25,39-41,46H,21-24,26-29H2,(H2,43,44,47). The van der Waals surface area contributed by atoms with Gasteiger partial charge in [-0.2, -0.15) is 0 Å². The van der Waals surface area contributed by atoms with E-state index in [0.29, 0.717) is 18.0 Å². The molecule has 5 aromatic rings. The average molecular weight is 686 g/mol. The molecule has 2 aliphatic rings. The van der Waals surface area contributed by atoms with E-state index in [1.165, 1.54) is 0 Å². The molecule has 262 valence electrons. The quantitative estimate of drug-likeness (QED) is 0.130. The van der Waals surface area contributed by atoms with Crippen molar-refractivity contribution < 1.29 is 28.8 Å². The Morgan fingerprint density at radius 3 is 2.22 bits per heavy atom. The fourth-order valence-electron chi connectivity index (χ4n) is 6.39. The Morgan fingerprint density at radius 2 is 1.47 bits per heavy atom. The van der Waals surface area contributed by atoms with Crippen molar-refractivity contribution >= 4 is 11.7 Å².